The second-order valence-corrected chi connectivity index (χ2v) is 2.71. The van der Waals surface area contributed by atoms with Gasteiger partial charge in [-0.25, -0.2) is 4.98 Å². The fourth-order valence-electron chi connectivity index (χ4n) is 0.803. The Bertz CT molecular complexity index is 288. The van der Waals surface area contributed by atoms with Gasteiger partial charge in [0.05, 0.1) is 15.7 Å². The van der Waals surface area contributed by atoms with E-state index in [1.54, 1.807) is 11.3 Å². The molecule has 0 bridgehead atoms. The molecule has 10 heavy (non-hydrogen) atoms. The minimum absolute atomic E-state index is 0. The first kappa shape index (κ1) is 8.01. The van der Waals surface area contributed by atoms with Crippen LogP contribution in [0.25, 0.3) is 10.2 Å². The number of aromatic nitrogens is 1. The maximum Gasteiger partial charge on any atom is 0.0812 e. The van der Waals surface area contributed by atoms with E-state index in [1.165, 1.54) is 4.70 Å². The number of fused-ring (bicyclic) bond motifs is 1. The van der Waals surface area contributed by atoms with Crippen molar-refractivity contribution in [2.24, 2.45) is 0 Å². The van der Waals surface area contributed by atoms with Gasteiger partial charge >= 0.3 is 23.9 Å². The van der Waals surface area contributed by atoms with E-state index in [0.717, 1.165) is 5.52 Å². The van der Waals surface area contributed by atoms with Crippen molar-refractivity contribution in [3.63, 3.8) is 0 Å². The first-order chi connectivity index (χ1) is 4.47. The van der Waals surface area contributed by atoms with Gasteiger partial charge in [0.15, 0.2) is 0 Å². The fraction of sp³-hybridized carbons (Fsp3) is 0. The van der Waals surface area contributed by atoms with Crippen LogP contribution in [0.3, 0.4) is 0 Å². The summed E-state index contributed by atoms with van der Waals surface area (Å²) in [6.07, 6.45) is 0. The second kappa shape index (κ2) is 3.34. The maximum absolute atomic E-state index is 4.14. The molecular weight excluding hydrogens is 249 g/mol. The number of thiazole rings is 1. The van der Waals surface area contributed by atoms with Crippen LogP contribution < -0.4 is 0 Å². The molecule has 0 atom stereocenters. The van der Waals surface area contributed by atoms with Crippen LogP contribution in [0.2, 0.25) is 0 Å². The normalized spacial score (nSPS) is 9.20. The molecule has 1 heterocycles. The van der Waals surface area contributed by atoms with Crippen LogP contribution in [0.4, 0.5) is 0 Å². The molecule has 52 valence electrons. The number of benzene rings is 1. The summed E-state index contributed by atoms with van der Waals surface area (Å²) in [7, 11) is 0. The molecule has 0 N–H and O–H groups in total. The predicted octanol–water partition coefficient (Wildman–Crippen LogP) is 0.845. The summed E-state index contributed by atoms with van der Waals surface area (Å²) < 4.78 is 1.26. The Morgan fingerprint density at radius 1 is 1.20 bits per heavy atom. The zero-order valence-corrected chi connectivity index (χ0v) is 5.56. The van der Waals surface area contributed by atoms with E-state index in [2.05, 4.69) is 11.1 Å². The van der Waals surface area contributed by atoms with E-state index in [4.69, 9.17) is 0 Å². The number of hydrogen-bond donors (Lipinski definition) is 0. The molecule has 2 rings (SSSR count). The van der Waals surface area contributed by atoms with Crippen LogP contribution in [0.15, 0.2) is 29.8 Å². The van der Waals surface area contributed by atoms with Gasteiger partial charge in [0.2, 0.25) is 0 Å². The van der Waals surface area contributed by atoms with E-state index < -0.39 is 0 Å². The van der Waals surface area contributed by atoms with Gasteiger partial charge in [0.25, 0.3) is 0 Å². The summed E-state index contributed by atoms with van der Waals surface area (Å²) in [6, 6.07) is 8.13. The molecular formula is C7H9NSSn. The topological polar surface area (TPSA) is 12.9 Å². The minimum Gasteiger partial charge on any atom is -0.245 e. The summed E-state index contributed by atoms with van der Waals surface area (Å²) in [5.41, 5.74) is 2.97. The van der Waals surface area contributed by atoms with Crippen molar-refractivity contribution in [1.82, 2.24) is 4.98 Å². The predicted molar refractivity (Wildman–Crippen MR) is 51.0 cm³/mol. The Morgan fingerprint density at radius 3 is 2.80 bits per heavy atom. The molecule has 2 aromatic rings. The zero-order chi connectivity index (χ0) is 6.10. The van der Waals surface area contributed by atoms with Gasteiger partial charge in [0, 0.05) is 0 Å². The standard InChI is InChI=1S/C7H5NS.Sn.4H/c1-2-4-7-6(3-1)8-5-9-7;;;;;/h1-5H;;;;;. The Hall–Kier alpha value is -0.0913. The molecule has 1 aromatic heterocycles. The Kier molecular flexibility index (Phi) is 2.68. The quantitative estimate of drug-likeness (QED) is 0.638. The van der Waals surface area contributed by atoms with Gasteiger partial charge in [-0.3, -0.25) is 0 Å². The fourth-order valence-corrected chi connectivity index (χ4v) is 1.48. The SMILES string of the molecule is [SnH4].c1ccc2scnc2c1. The molecule has 1 aromatic carbocycles. The van der Waals surface area contributed by atoms with Gasteiger partial charge in [-0.2, -0.15) is 0 Å². The van der Waals surface area contributed by atoms with Gasteiger partial charge in [-0.1, -0.05) is 12.1 Å². The summed E-state index contributed by atoms with van der Waals surface area (Å²) in [5.74, 6) is 0. The van der Waals surface area contributed by atoms with Crippen molar-refractivity contribution in [2.45, 2.75) is 0 Å². The molecule has 0 spiro atoms. The molecule has 0 fully saturated rings. The van der Waals surface area contributed by atoms with Gasteiger partial charge in [-0.15, -0.1) is 11.3 Å². The smallest absolute Gasteiger partial charge is 0.0812 e. The van der Waals surface area contributed by atoms with Gasteiger partial charge < -0.3 is 0 Å². The Morgan fingerprint density at radius 2 is 2.00 bits per heavy atom. The van der Waals surface area contributed by atoms with Crippen LogP contribution in [0.1, 0.15) is 0 Å². The third-order valence-electron chi connectivity index (χ3n) is 1.24. The minimum atomic E-state index is 0. The van der Waals surface area contributed by atoms with Crippen molar-refractivity contribution in [3.05, 3.63) is 29.8 Å². The monoisotopic (exact) mass is 259 g/mol. The molecule has 0 saturated carbocycles. The van der Waals surface area contributed by atoms with E-state index in [1.807, 2.05) is 23.7 Å². The molecule has 0 saturated heterocycles. The first-order valence-electron chi connectivity index (χ1n) is 2.75. The molecule has 0 unspecified atom stereocenters. The summed E-state index contributed by atoms with van der Waals surface area (Å²) in [5, 5.41) is 0. The number of rotatable bonds is 0. The molecule has 0 aliphatic rings. The van der Waals surface area contributed by atoms with E-state index in [0.29, 0.717) is 0 Å². The number of para-hydroxylation sites is 1. The van der Waals surface area contributed by atoms with Crippen LogP contribution >= 0.6 is 11.3 Å². The third kappa shape index (κ3) is 1.32. The van der Waals surface area contributed by atoms with Crippen LogP contribution in [0, 0.1) is 0 Å². The van der Waals surface area contributed by atoms with E-state index >= 15 is 0 Å². The van der Waals surface area contributed by atoms with Crippen molar-refractivity contribution in [2.75, 3.05) is 0 Å². The van der Waals surface area contributed by atoms with Crippen molar-refractivity contribution in [3.8, 4) is 0 Å². The second-order valence-electron chi connectivity index (χ2n) is 1.82. The van der Waals surface area contributed by atoms with E-state index in [9.17, 15) is 0 Å². The summed E-state index contributed by atoms with van der Waals surface area (Å²) >= 11 is 1.68. The van der Waals surface area contributed by atoms with Gasteiger partial charge in [0.1, 0.15) is 0 Å². The number of hydrogen-bond acceptors (Lipinski definition) is 2. The molecule has 3 heteroatoms. The molecule has 1 nitrogen and oxygen atoms in total. The molecule has 0 radical (unpaired) electrons. The van der Waals surface area contributed by atoms with Crippen molar-refractivity contribution >= 4 is 45.5 Å². The summed E-state index contributed by atoms with van der Waals surface area (Å²) in [6.45, 7) is 0. The average molecular weight is 258 g/mol. The van der Waals surface area contributed by atoms with Crippen molar-refractivity contribution in [1.29, 1.82) is 0 Å². The Labute approximate surface area is 80.1 Å². The molecule has 0 amide bonds. The van der Waals surface area contributed by atoms with E-state index in [-0.39, 0.29) is 23.9 Å². The average Bonchev–Trinajstić information content (AvgIpc) is 2.33. The molecule has 0 aliphatic carbocycles. The van der Waals surface area contributed by atoms with Crippen LogP contribution in [-0.2, 0) is 0 Å². The Balaban J connectivity index is 0.000000500. The third-order valence-corrected chi connectivity index (χ3v) is 2.05. The van der Waals surface area contributed by atoms with Crippen LogP contribution in [0.5, 0.6) is 0 Å². The summed E-state index contributed by atoms with van der Waals surface area (Å²) in [4.78, 5) is 4.14. The number of nitrogens with zero attached hydrogens (tertiary/aromatic N) is 1. The first-order valence-corrected chi connectivity index (χ1v) is 3.63. The largest absolute Gasteiger partial charge is 0.245 e. The van der Waals surface area contributed by atoms with Crippen LogP contribution in [-0.4, -0.2) is 28.9 Å². The van der Waals surface area contributed by atoms with Gasteiger partial charge in [-0.05, 0) is 12.1 Å². The maximum atomic E-state index is 4.14. The zero-order valence-electron chi connectivity index (χ0n) is 4.74. The van der Waals surface area contributed by atoms with Crippen molar-refractivity contribution < 1.29 is 0 Å². The molecule has 0 aliphatic heterocycles.